The zero-order chi connectivity index (χ0) is 17.4. The molecule has 2 fully saturated rings. The molecule has 2 aliphatic heterocycles. The average molecular weight is 352 g/mol. The highest BCUT2D eigenvalue weighted by molar-refractivity contribution is 5.49. The van der Waals surface area contributed by atoms with Crippen LogP contribution in [0.1, 0.15) is 5.56 Å². The minimum absolute atomic E-state index is 0.0664. The molecule has 4 rings (SSSR count). The number of likely N-dealkylation sites (tertiary alicyclic amines) is 1. The van der Waals surface area contributed by atoms with Gasteiger partial charge in [-0.05, 0) is 24.0 Å². The fourth-order valence-corrected chi connectivity index (χ4v) is 3.91. The second-order valence-corrected chi connectivity index (χ2v) is 6.68. The normalized spacial score (nSPS) is 24.0. The Balaban J connectivity index is 1.38. The number of anilines is 1. The number of rotatable bonds is 4. The van der Waals surface area contributed by atoms with Crippen molar-refractivity contribution in [1.82, 2.24) is 24.9 Å². The predicted octanol–water partition coefficient (Wildman–Crippen LogP) is 1.76. The fraction of sp³-hybridized carbons (Fsp3) is 0.562. The maximum atomic E-state index is 13.2. The van der Waals surface area contributed by atoms with Crippen molar-refractivity contribution in [2.75, 3.05) is 37.6 Å². The van der Waals surface area contributed by atoms with Crippen molar-refractivity contribution in [3.63, 3.8) is 0 Å². The minimum Gasteiger partial charge on any atom is -0.355 e. The van der Waals surface area contributed by atoms with E-state index in [4.69, 9.17) is 0 Å². The summed E-state index contributed by atoms with van der Waals surface area (Å²) in [5.74, 6) is 0.832. The second-order valence-electron chi connectivity index (χ2n) is 6.68. The van der Waals surface area contributed by atoms with Crippen molar-refractivity contribution in [2.24, 2.45) is 11.8 Å². The van der Waals surface area contributed by atoms with Crippen LogP contribution in [0, 0.1) is 11.8 Å². The van der Waals surface area contributed by atoms with Gasteiger partial charge in [0.05, 0.1) is 24.5 Å². The van der Waals surface area contributed by atoms with Crippen LogP contribution >= 0.6 is 0 Å². The summed E-state index contributed by atoms with van der Waals surface area (Å²) in [5.41, 5.74) is -0.642. The Morgan fingerprint density at radius 2 is 1.64 bits per heavy atom. The first-order chi connectivity index (χ1) is 12.0. The third kappa shape index (κ3) is 3.33. The van der Waals surface area contributed by atoms with Gasteiger partial charge in [0.25, 0.3) is 0 Å². The first-order valence-electron chi connectivity index (χ1n) is 8.34. The van der Waals surface area contributed by atoms with E-state index >= 15 is 0 Å². The Morgan fingerprint density at radius 3 is 2.28 bits per heavy atom. The molecule has 0 radical (unpaired) electrons. The molecule has 2 aromatic rings. The maximum absolute atomic E-state index is 13.2. The lowest BCUT2D eigenvalue weighted by Gasteiger charge is -2.24. The number of nitrogens with zero attached hydrogens (tertiary/aromatic N) is 6. The van der Waals surface area contributed by atoms with E-state index in [-0.39, 0.29) is 5.82 Å². The monoisotopic (exact) mass is 352 g/mol. The minimum atomic E-state index is -4.37. The third-order valence-electron chi connectivity index (χ3n) is 5.04. The third-order valence-corrected chi connectivity index (χ3v) is 5.04. The average Bonchev–Trinajstić information content (AvgIpc) is 3.28. The smallest absolute Gasteiger partial charge is 0.355 e. The SMILES string of the molecule is FC(F)(F)c1cccnc1N1CC2CN(CCn3nccn3)CC2C1. The van der Waals surface area contributed by atoms with Crippen LogP contribution in [0.4, 0.5) is 19.0 Å². The first-order valence-corrected chi connectivity index (χ1v) is 8.34. The number of pyridine rings is 1. The lowest BCUT2D eigenvalue weighted by Crippen LogP contribution is -2.32. The van der Waals surface area contributed by atoms with Gasteiger partial charge in [-0.25, -0.2) is 4.98 Å². The van der Waals surface area contributed by atoms with Crippen LogP contribution in [0.3, 0.4) is 0 Å². The molecule has 9 heteroatoms. The molecule has 0 aliphatic carbocycles. The summed E-state index contributed by atoms with van der Waals surface area (Å²) in [4.78, 5) is 9.82. The largest absolute Gasteiger partial charge is 0.419 e. The van der Waals surface area contributed by atoms with Crippen molar-refractivity contribution in [2.45, 2.75) is 12.7 Å². The van der Waals surface area contributed by atoms with E-state index in [9.17, 15) is 13.2 Å². The zero-order valence-electron chi connectivity index (χ0n) is 13.6. The van der Waals surface area contributed by atoms with Crippen molar-refractivity contribution in [3.05, 3.63) is 36.3 Å². The van der Waals surface area contributed by atoms with Gasteiger partial charge in [0.15, 0.2) is 0 Å². The topological polar surface area (TPSA) is 50.1 Å². The van der Waals surface area contributed by atoms with Crippen molar-refractivity contribution < 1.29 is 13.2 Å². The van der Waals surface area contributed by atoms with Crippen LogP contribution in [-0.4, -0.2) is 57.6 Å². The Morgan fingerprint density at radius 1 is 0.960 bits per heavy atom. The molecule has 0 N–H and O–H groups in total. The highest BCUT2D eigenvalue weighted by atomic mass is 19.4. The number of hydrogen-bond donors (Lipinski definition) is 0. The molecule has 25 heavy (non-hydrogen) atoms. The molecular formula is C16H19F3N6. The molecule has 6 nitrogen and oxygen atoms in total. The van der Waals surface area contributed by atoms with Crippen LogP contribution in [-0.2, 0) is 12.7 Å². The van der Waals surface area contributed by atoms with Gasteiger partial charge in [0.1, 0.15) is 5.82 Å². The van der Waals surface area contributed by atoms with E-state index in [2.05, 4.69) is 20.1 Å². The van der Waals surface area contributed by atoms with Crippen molar-refractivity contribution >= 4 is 5.82 Å². The first kappa shape index (κ1) is 16.3. The van der Waals surface area contributed by atoms with Gasteiger partial charge in [0.2, 0.25) is 0 Å². The highest BCUT2D eigenvalue weighted by Crippen LogP contribution is 2.39. The lowest BCUT2D eigenvalue weighted by molar-refractivity contribution is -0.137. The molecule has 2 aliphatic rings. The van der Waals surface area contributed by atoms with E-state index in [0.717, 1.165) is 32.2 Å². The van der Waals surface area contributed by atoms with Gasteiger partial charge in [-0.1, -0.05) is 0 Å². The molecule has 0 saturated carbocycles. The number of alkyl halides is 3. The lowest BCUT2D eigenvalue weighted by atomic mass is 10.0. The highest BCUT2D eigenvalue weighted by Gasteiger charge is 2.43. The molecule has 0 bridgehead atoms. The molecule has 0 spiro atoms. The van der Waals surface area contributed by atoms with Crippen LogP contribution in [0.15, 0.2) is 30.7 Å². The predicted molar refractivity (Wildman–Crippen MR) is 84.9 cm³/mol. The number of hydrogen-bond acceptors (Lipinski definition) is 5. The molecule has 4 heterocycles. The van der Waals surface area contributed by atoms with Gasteiger partial charge >= 0.3 is 6.18 Å². The van der Waals surface area contributed by atoms with Crippen LogP contribution in [0.5, 0.6) is 0 Å². The Bertz CT molecular complexity index is 703. The van der Waals surface area contributed by atoms with Gasteiger partial charge in [-0.15, -0.1) is 0 Å². The Kier molecular flexibility index (Phi) is 4.10. The number of halogens is 3. The maximum Gasteiger partial charge on any atom is 0.419 e. The Labute approximate surface area is 143 Å². The van der Waals surface area contributed by atoms with E-state index in [1.165, 1.54) is 12.3 Å². The van der Waals surface area contributed by atoms with Crippen LogP contribution < -0.4 is 4.90 Å². The quantitative estimate of drug-likeness (QED) is 0.839. The summed E-state index contributed by atoms with van der Waals surface area (Å²) in [7, 11) is 0. The van der Waals surface area contributed by atoms with E-state index in [1.807, 2.05) is 0 Å². The summed E-state index contributed by atoms with van der Waals surface area (Å²) in [6.45, 7) is 4.64. The summed E-state index contributed by atoms with van der Waals surface area (Å²) in [5, 5.41) is 8.18. The standard InChI is InChI=1S/C16H19F3N6/c17-16(18,19)14-2-1-3-20-15(14)24-10-12-8-23(9-13(12)11-24)6-7-25-21-4-5-22-25/h1-5,12-13H,6-11H2. The van der Waals surface area contributed by atoms with E-state index in [1.54, 1.807) is 22.1 Å². The molecule has 2 unspecified atom stereocenters. The summed E-state index contributed by atoms with van der Waals surface area (Å²) in [6.07, 6.45) is 0.371. The van der Waals surface area contributed by atoms with E-state index < -0.39 is 11.7 Å². The zero-order valence-corrected chi connectivity index (χ0v) is 13.6. The molecule has 0 aromatic carbocycles. The Hall–Kier alpha value is -2.16. The molecular weight excluding hydrogens is 333 g/mol. The van der Waals surface area contributed by atoms with Gasteiger partial charge in [-0.2, -0.15) is 28.2 Å². The molecule has 2 aromatic heterocycles. The van der Waals surface area contributed by atoms with Crippen LogP contribution in [0.25, 0.3) is 0 Å². The van der Waals surface area contributed by atoms with Gasteiger partial charge in [0, 0.05) is 38.9 Å². The summed E-state index contributed by atoms with van der Waals surface area (Å²) >= 11 is 0. The molecule has 2 atom stereocenters. The van der Waals surface area contributed by atoms with Crippen LogP contribution in [0.2, 0.25) is 0 Å². The van der Waals surface area contributed by atoms with Gasteiger partial charge in [-0.3, -0.25) is 0 Å². The molecule has 134 valence electrons. The van der Waals surface area contributed by atoms with Gasteiger partial charge < -0.3 is 9.80 Å². The second kappa shape index (κ2) is 6.29. The number of fused-ring (bicyclic) bond motifs is 1. The van der Waals surface area contributed by atoms with E-state index in [0.29, 0.717) is 24.9 Å². The summed E-state index contributed by atoms with van der Waals surface area (Å²) in [6, 6.07) is 2.45. The number of aromatic nitrogens is 4. The fourth-order valence-electron chi connectivity index (χ4n) is 3.91. The van der Waals surface area contributed by atoms with Crippen molar-refractivity contribution in [1.29, 1.82) is 0 Å². The molecule has 2 saturated heterocycles. The summed E-state index contributed by atoms with van der Waals surface area (Å²) < 4.78 is 39.6. The van der Waals surface area contributed by atoms with Crippen molar-refractivity contribution in [3.8, 4) is 0 Å². The molecule has 0 amide bonds.